The first-order valence-corrected chi connectivity index (χ1v) is 9.03. The van der Waals surface area contributed by atoms with Gasteiger partial charge >= 0.3 is 0 Å². The number of piperazine rings is 2. The zero-order valence-corrected chi connectivity index (χ0v) is 15.0. The Morgan fingerprint density at radius 2 is 1.89 bits per heavy atom. The van der Waals surface area contributed by atoms with Gasteiger partial charge in [0.25, 0.3) is 5.91 Å². The van der Waals surface area contributed by atoms with Crippen molar-refractivity contribution < 1.29 is 19.5 Å². The van der Waals surface area contributed by atoms with E-state index in [1.54, 1.807) is 11.0 Å². The summed E-state index contributed by atoms with van der Waals surface area (Å²) in [5.74, 6) is -0.790. The lowest BCUT2D eigenvalue weighted by molar-refractivity contribution is -0.155. The van der Waals surface area contributed by atoms with Crippen molar-refractivity contribution in [1.82, 2.24) is 15.1 Å². The molecular weight excluding hydrogens is 346 g/mol. The predicted octanol–water partition coefficient (Wildman–Crippen LogP) is 0.372. The maximum atomic E-state index is 12.9. The third kappa shape index (κ3) is 3.04. The first kappa shape index (κ1) is 17.5. The van der Waals surface area contributed by atoms with E-state index in [0.29, 0.717) is 12.1 Å². The maximum absolute atomic E-state index is 12.9. The average Bonchev–Trinajstić information content (AvgIpc) is 2.69. The third-order valence-electron chi connectivity index (χ3n) is 5.30. The molecule has 2 aromatic carbocycles. The Morgan fingerprint density at radius 3 is 2.63 bits per heavy atom. The minimum atomic E-state index is -0.959. The molecule has 7 nitrogen and oxygen atoms in total. The molecule has 0 aromatic heterocycles. The van der Waals surface area contributed by atoms with E-state index < -0.39 is 18.2 Å². The second-order valence-electron chi connectivity index (χ2n) is 7.09. The van der Waals surface area contributed by atoms with Crippen molar-refractivity contribution in [3.8, 4) is 0 Å². The molecule has 0 saturated carbocycles. The summed E-state index contributed by atoms with van der Waals surface area (Å²) in [7, 11) is 0. The van der Waals surface area contributed by atoms with E-state index in [0.717, 1.165) is 10.8 Å². The van der Waals surface area contributed by atoms with E-state index >= 15 is 0 Å². The first-order chi connectivity index (χ1) is 13.0. The van der Waals surface area contributed by atoms with E-state index in [4.69, 9.17) is 0 Å². The van der Waals surface area contributed by atoms with Crippen LogP contribution in [0.25, 0.3) is 10.8 Å². The molecule has 2 heterocycles. The van der Waals surface area contributed by atoms with Crippen LogP contribution in [-0.2, 0) is 9.59 Å². The molecule has 0 bridgehead atoms. The van der Waals surface area contributed by atoms with Crippen LogP contribution in [0.15, 0.2) is 42.5 Å². The molecule has 7 heteroatoms. The molecule has 3 atom stereocenters. The molecule has 2 aliphatic rings. The molecule has 2 saturated heterocycles. The Bertz CT molecular complexity index is 926. The van der Waals surface area contributed by atoms with Gasteiger partial charge in [-0.3, -0.25) is 14.4 Å². The van der Waals surface area contributed by atoms with Gasteiger partial charge < -0.3 is 20.2 Å². The molecule has 2 fully saturated rings. The normalized spacial score (nSPS) is 23.8. The largest absolute Gasteiger partial charge is 0.391 e. The SMILES string of the molecule is C[C@H](O)[C@H]1NC(=O)[C@H]2CN(C(=O)c3ccc4ccccc4c3)CCN2C1=O. The number of benzene rings is 2. The lowest BCUT2D eigenvalue weighted by Gasteiger charge is -2.45. The average molecular weight is 367 g/mol. The van der Waals surface area contributed by atoms with Gasteiger partial charge in [-0.05, 0) is 29.8 Å². The van der Waals surface area contributed by atoms with Crippen molar-refractivity contribution >= 4 is 28.5 Å². The van der Waals surface area contributed by atoms with E-state index in [1.165, 1.54) is 11.8 Å². The molecule has 2 N–H and O–H groups in total. The van der Waals surface area contributed by atoms with Crippen LogP contribution in [-0.4, -0.2) is 70.4 Å². The number of fused-ring (bicyclic) bond motifs is 2. The Kier molecular flexibility index (Phi) is 4.31. The fourth-order valence-electron chi connectivity index (χ4n) is 3.78. The topological polar surface area (TPSA) is 89.9 Å². The van der Waals surface area contributed by atoms with Gasteiger partial charge in [-0.1, -0.05) is 30.3 Å². The summed E-state index contributed by atoms with van der Waals surface area (Å²) in [4.78, 5) is 40.9. The monoisotopic (exact) mass is 367 g/mol. The molecule has 4 rings (SSSR count). The molecule has 2 aromatic rings. The quantitative estimate of drug-likeness (QED) is 0.803. The van der Waals surface area contributed by atoms with Gasteiger partial charge in [-0.2, -0.15) is 0 Å². The minimum Gasteiger partial charge on any atom is -0.391 e. The van der Waals surface area contributed by atoms with Gasteiger partial charge in [-0.25, -0.2) is 0 Å². The van der Waals surface area contributed by atoms with Crippen LogP contribution in [0.5, 0.6) is 0 Å². The van der Waals surface area contributed by atoms with E-state index in [1.807, 2.05) is 36.4 Å². The second-order valence-corrected chi connectivity index (χ2v) is 7.09. The van der Waals surface area contributed by atoms with Gasteiger partial charge in [0.2, 0.25) is 11.8 Å². The van der Waals surface area contributed by atoms with Crippen LogP contribution in [0, 0.1) is 0 Å². The summed E-state index contributed by atoms with van der Waals surface area (Å²) >= 11 is 0. The van der Waals surface area contributed by atoms with Crippen LogP contribution in [0.3, 0.4) is 0 Å². The van der Waals surface area contributed by atoms with Gasteiger partial charge in [0, 0.05) is 18.7 Å². The number of carbonyl (C=O) groups is 3. The third-order valence-corrected chi connectivity index (χ3v) is 5.30. The number of nitrogens with one attached hydrogen (secondary N) is 1. The Labute approximate surface area is 156 Å². The van der Waals surface area contributed by atoms with Crippen molar-refractivity contribution in [2.45, 2.75) is 25.1 Å². The highest BCUT2D eigenvalue weighted by molar-refractivity contribution is 6.01. The predicted molar refractivity (Wildman–Crippen MR) is 99.0 cm³/mol. The number of aliphatic hydroxyl groups is 1. The number of aliphatic hydroxyl groups excluding tert-OH is 1. The summed E-state index contributed by atoms with van der Waals surface area (Å²) < 4.78 is 0. The summed E-state index contributed by atoms with van der Waals surface area (Å²) in [5.41, 5.74) is 0.562. The molecule has 27 heavy (non-hydrogen) atoms. The zero-order chi connectivity index (χ0) is 19.1. The number of rotatable bonds is 2. The standard InChI is InChI=1S/C20H21N3O4/c1-12(24)17-20(27)23-9-8-22(11-16(23)18(25)21-17)19(26)15-7-6-13-4-2-3-5-14(13)10-15/h2-7,10,12,16-17,24H,8-9,11H2,1H3,(H,21,25)/t12-,16+,17+/m0/s1. The summed E-state index contributed by atoms with van der Waals surface area (Å²) in [6, 6.07) is 11.7. The van der Waals surface area contributed by atoms with Crippen molar-refractivity contribution in [2.24, 2.45) is 0 Å². The number of hydrogen-bond acceptors (Lipinski definition) is 4. The smallest absolute Gasteiger partial charge is 0.254 e. The van der Waals surface area contributed by atoms with E-state index in [9.17, 15) is 19.5 Å². The first-order valence-electron chi connectivity index (χ1n) is 9.03. The van der Waals surface area contributed by atoms with Crippen molar-refractivity contribution in [2.75, 3.05) is 19.6 Å². The molecule has 140 valence electrons. The number of nitrogens with zero attached hydrogens (tertiary/aromatic N) is 2. The van der Waals surface area contributed by atoms with Gasteiger partial charge in [-0.15, -0.1) is 0 Å². The highest BCUT2D eigenvalue weighted by Gasteiger charge is 2.45. The van der Waals surface area contributed by atoms with Gasteiger partial charge in [0.15, 0.2) is 0 Å². The molecule has 2 aliphatic heterocycles. The second kappa shape index (κ2) is 6.66. The number of amides is 3. The highest BCUT2D eigenvalue weighted by atomic mass is 16.3. The molecule has 0 aliphatic carbocycles. The number of hydrogen-bond donors (Lipinski definition) is 2. The Balaban J connectivity index is 1.54. The zero-order valence-electron chi connectivity index (χ0n) is 15.0. The van der Waals surface area contributed by atoms with Crippen molar-refractivity contribution in [3.05, 3.63) is 48.0 Å². The fraction of sp³-hybridized carbons (Fsp3) is 0.350. The van der Waals surface area contributed by atoms with Crippen LogP contribution in [0.4, 0.5) is 0 Å². The van der Waals surface area contributed by atoms with Gasteiger partial charge in [0.05, 0.1) is 12.6 Å². The minimum absolute atomic E-state index is 0.149. The molecule has 0 unspecified atom stereocenters. The van der Waals surface area contributed by atoms with Crippen molar-refractivity contribution in [1.29, 1.82) is 0 Å². The summed E-state index contributed by atoms with van der Waals surface area (Å²) in [5, 5.41) is 14.3. The molecule has 0 radical (unpaired) electrons. The lowest BCUT2D eigenvalue weighted by Crippen LogP contribution is -2.71. The van der Waals surface area contributed by atoms with Crippen LogP contribution >= 0.6 is 0 Å². The van der Waals surface area contributed by atoms with Crippen LogP contribution in [0.2, 0.25) is 0 Å². The number of carbonyl (C=O) groups excluding carboxylic acids is 3. The lowest BCUT2D eigenvalue weighted by atomic mass is 10.0. The van der Waals surface area contributed by atoms with Crippen LogP contribution in [0.1, 0.15) is 17.3 Å². The van der Waals surface area contributed by atoms with E-state index in [2.05, 4.69) is 5.32 Å². The highest BCUT2D eigenvalue weighted by Crippen LogP contribution is 2.21. The molecular formula is C20H21N3O4. The molecule has 3 amide bonds. The Morgan fingerprint density at radius 1 is 1.15 bits per heavy atom. The summed E-state index contributed by atoms with van der Waals surface area (Å²) in [6.07, 6.45) is -0.959. The summed E-state index contributed by atoms with van der Waals surface area (Å²) in [6.45, 7) is 2.26. The van der Waals surface area contributed by atoms with E-state index in [-0.39, 0.29) is 30.8 Å². The Hall–Kier alpha value is -2.93. The molecule has 0 spiro atoms. The van der Waals surface area contributed by atoms with Crippen molar-refractivity contribution in [3.63, 3.8) is 0 Å². The van der Waals surface area contributed by atoms with Gasteiger partial charge in [0.1, 0.15) is 12.1 Å². The fourth-order valence-corrected chi connectivity index (χ4v) is 3.78. The van der Waals surface area contributed by atoms with Crippen LogP contribution < -0.4 is 5.32 Å². The maximum Gasteiger partial charge on any atom is 0.254 e.